The normalized spacial score (nSPS) is 9.45. The molecule has 0 aromatic heterocycles. The van der Waals surface area contributed by atoms with Gasteiger partial charge < -0.3 is 15.3 Å². The van der Waals surface area contributed by atoms with Gasteiger partial charge in [0.05, 0.1) is 0 Å². The van der Waals surface area contributed by atoms with Crippen LogP contribution in [-0.2, 0) is 0 Å². The lowest BCUT2D eigenvalue weighted by Crippen LogP contribution is -1.70. The van der Waals surface area contributed by atoms with Crippen molar-refractivity contribution in [1.82, 2.24) is 0 Å². The molecule has 0 spiro atoms. The van der Waals surface area contributed by atoms with E-state index in [1.165, 1.54) is 0 Å². The lowest BCUT2D eigenvalue weighted by Gasteiger charge is -1.98. The van der Waals surface area contributed by atoms with Crippen LogP contribution in [0.25, 0.3) is 0 Å². The molecule has 0 aliphatic rings. The first-order valence-corrected chi connectivity index (χ1v) is 2.73. The van der Waals surface area contributed by atoms with Crippen LogP contribution in [0.2, 0.25) is 0 Å². The fraction of sp³-hybridized carbons (Fsp3) is 0. The smallest absolute Gasteiger partial charge is 0.161 e. The first-order chi connectivity index (χ1) is 5.15. The van der Waals surface area contributed by atoms with Gasteiger partial charge in [0.1, 0.15) is 5.75 Å². The summed E-state index contributed by atoms with van der Waals surface area (Å²) in [6, 6.07) is 1.71. The minimum absolute atomic E-state index is 0.305. The summed E-state index contributed by atoms with van der Waals surface area (Å²) in [6.45, 7) is 0. The molecule has 0 fully saturated rings. The largest absolute Gasteiger partial charge is 0.505 e. The Labute approximate surface area is 61.5 Å². The second-order valence-corrected chi connectivity index (χ2v) is 1.92. The van der Waals surface area contributed by atoms with Gasteiger partial charge in [-0.25, -0.2) is 0 Å². The van der Waals surface area contributed by atoms with E-state index in [1.54, 1.807) is 0 Å². The van der Waals surface area contributed by atoms with Crippen LogP contribution in [0.1, 0.15) is 0 Å². The predicted octanol–water partition coefficient (Wildman–Crippen LogP) is 1.20. The zero-order valence-electron chi connectivity index (χ0n) is 5.35. The standard InChI is InChI=1S/C6H5NO4/c8-4-2-6(10)5(9)1-3(4)7-11/h1-2,8-10H. The Kier molecular flexibility index (Phi) is 1.63. The zero-order chi connectivity index (χ0) is 8.43. The molecule has 0 saturated heterocycles. The highest BCUT2D eigenvalue weighted by molar-refractivity contribution is 5.59. The number of aromatic hydroxyl groups is 3. The Morgan fingerprint density at radius 3 is 2.09 bits per heavy atom. The molecule has 0 unspecified atom stereocenters. The van der Waals surface area contributed by atoms with Crippen molar-refractivity contribution >= 4 is 5.69 Å². The molecule has 0 amide bonds. The topological polar surface area (TPSA) is 90.1 Å². The fourth-order valence-corrected chi connectivity index (χ4v) is 0.628. The van der Waals surface area contributed by atoms with E-state index in [0.29, 0.717) is 0 Å². The van der Waals surface area contributed by atoms with E-state index in [1.807, 2.05) is 0 Å². The van der Waals surface area contributed by atoms with E-state index in [4.69, 9.17) is 15.3 Å². The monoisotopic (exact) mass is 155 g/mol. The van der Waals surface area contributed by atoms with Gasteiger partial charge in [0.2, 0.25) is 0 Å². The number of hydrogen-bond donors (Lipinski definition) is 3. The van der Waals surface area contributed by atoms with Crippen LogP contribution in [0, 0.1) is 4.91 Å². The minimum Gasteiger partial charge on any atom is -0.505 e. The van der Waals surface area contributed by atoms with E-state index in [9.17, 15) is 4.91 Å². The summed E-state index contributed by atoms with van der Waals surface area (Å²) in [5.74, 6) is -1.44. The van der Waals surface area contributed by atoms with Crippen molar-refractivity contribution in [3.63, 3.8) is 0 Å². The van der Waals surface area contributed by atoms with Gasteiger partial charge in [-0.2, -0.15) is 0 Å². The lowest BCUT2D eigenvalue weighted by atomic mass is 10.2. The third kappa shape index (κ3) is 1.21. The molecule has 0 aliphatic carbocycles. The van der Waals surface area contributed by atoms with Crippen molar-refractivity contribution in [2.24, 2.45) is 5.18 Å². The van der Waals surface area contributed by atoms with E-state index in [-0.39, 0.29) is 5.69 Å². The molecule has 0 heterocycles. The number of nitroso groups, excluding NO2 is 1. The molecule has 11 heavy (non-hydrogen) atoms. The number of hydrogen-bond acceptors (Lipinski definition) is 5. The van der Waals surface area contributed by atoms with Crippen molar-refractivity contribution in [1.29, 1.82) is 0 Å². The fourth-order valence-electron chi connectivity index (χ4n) is 0.628. The Balaban J connectivity index is 3.31. The predicted molar refractivity (Wildman–Crippen MR) is 36.9 cm³/mol. The Hall–Kier alpha value is -1.78. The first-order valence-electron chi connectivity index (χ1n) is 2.73. The SMILES string of the molecule is O=Nc1cc(O)c(O)cc1O. The maximum atomic E-state index is 9.89. The quantitative estimate of drug-likeness (QED) is 0.323. The maximum Gasteiger partial charge on any atom is 0.161 e. The Morgan fingerprint density at radius 2 is 1.55 bits per heavy atom. The van der Waals surface area contributed by atoms with Crippen molar-refractivity contribution in [2.75, 3.05) is 0 Å². The van der Waals surface area contributed by atoms with Crippen molar-refractivity contribution in [3.05, 3.63) is 17.0 Å². The van der Waals surface area contributed by atoms with Gasteiger partial charge >= 0.3 is 0 Å². The molecule has 1 aromatic carbocycles. The van der Waals surface area contributed by atoms with Gasteiger partial charge in [-0.15, -0.1) is 4.91 Å². The number of benzene rings is 1. The molecule has 0 aliphatic heterocycles. The third-order valence-electron chi connectivity index (χ3n) is 1.17. The third-order valence-corrected chi connectivity index (χ3v) is 1.17. The van der Waals surface area contributed by atoms with Crippen molar-refractivity contribution in [3.8, 4) is 17.2 Å². The number of rotatable bonds is 1. The van der Waals surface area contributed by atoms with Gasteiger partial charge in [-0.3, -0.25) is 0 Å². The summed E-state index contributed by atoms with van der Waals surface area (Å²) in [7, 11) is 0. The number of nitrogens with zero attached hydrogens (tertiary/aromatic N) is 1. The van der Waals surface area contributed by atoms with Gasteiger partial charge in [-0.05, 0) is 5.18 Å². The average molecular weight is 155 g/mol. The summed E-state index contributed by atoms with van der Waals surface area (Å²) >= 11 is 0. The van der Waals surface area contributed by atoms with Crippen LogP contribution >= 0.6 is 0 Å². The summed E-state index contributed by atoms with van der Waals surface area (Å²) < 4.78 is 0. The zero-order valence-corrected chi connectivity index (χ0v) is 5.35. The lowest BCUT2D eigenvalue weighted by molar-refractivity contribution is 0.397. The Bertz CT molecular complexity index is 297. The van der Waals surface area contributed by atoms with Gasteiger partial charge in [0, 0.05) is 12.1 Å². The van der Waals surface area contributed by atoms with Gasteiger partial charge in [0.15, 0.2) is 17.2 Å². The molecule has 0 saturated carbocycles. The van der Waals surface area contributed by atoms with Crippen LogP contribution in [0.15, 0.2) is 17.3 Å². The first kappa shape index (κ1) is 7.33. The van der Waals surface area contributed by atoms with E-state index < -0.39 is 17.2 Å². The van der Waals surface area contributed by atoms with E-state index in [2.05, 4.69) is 5.18 Å². The van der Waals surface area contributed by atoms with Crippen LogP contribution in [0.4, 0.5) is 5.69 Å². The average Bonchev–Trinajstić information content (AvgIpc) is 1.97. The van der Waals surface area contributed by atoms with Crippen molar-refractivity contribution < 1.29 is 15.3 Å². The van der Waals surface area contributed by atoms with Gasteiger partial charge in [-0.1, -0.05) is 0 Å². The molecule has 5 nitrogen and oxygen atoms in total. The second-order valence-electron chi connectivity index (χ2n) is 1.92. The molecule has 0 bridgehead atoms. The molecule has 1 rings (SSSR count). The maximum absolute atomic E-state index is 9.89. The number of phenols is 3. The molecule has 3 N–H and O–H groups in total. The molecule has 1 aromatic rings. The molecule has 58 valence electrons. The van der Waals surface area contributed by atoms with Crippen LogP contribution in [0.5, 0.6) is 17.2 Å². The molecular formula is C6H5NO4. The summed E-state index contributed by atoms with van der Waals surface area (Å²) in [5, 5.41) is 28.8. The highest BCUT2D eigenvalue weighted by atomic mass is 16.3. The molecule has 5 heteroatoms. The van der Waals surface area contributed by atoms with Crippen molar-refractivity contribution in [2.45, 2.75) is 0 Å². The summed E-state index contributed by atoms with van der Waals surface area (Å²) in [5.41, 5.74) is -0.305. The molecule has 0 atom stereocenters. The summed E-state index contributed by atoms with van der Waals surface area (Å²) in [6.07, 6.45) is 0. The van der Waals surface area contributed by atoms with Crippen LogP contribution in [0.3, 0.4) is 0 Å². The second kappa shape index (κ2) is 2.45. The van der Waals surface area contributed by atoms with Crippen LogP contribution in [-0.4, -0.2) is 15.3 Å². The Morgan fingerprint density at radius 1 is 1.00 bits per heavy atom. The number of phenolic OH excluding ortho intramolecular Hbond substituents is 3. The minimum atomic E-state index is -0.491. The molecular weight excluding hydrogens is 150 g/mol. The van der Waals surface area contributed by atoms with Gasteiger partial charge in [0.25, 0.3) is 0 Å². The van der Waals surface area contributed by atoms with Crippen LogP contribution < -0.4 is 0 Å². The molecule has 0 radical (unpaired) electrons. The van der Waals surface area contributed by atoms with E-state index in [0.717, 1.165) is 12.1 Å². The highest BCUT2D eigenvalue weighted by Crippen LogP contribution is 2.36. The van der Waals surface area contributed by atoms with E-state index >= 15 is 0 Å². The highest BCUT2D eigenvalue weighted by Gasteiger charge is 2.06. The summed E-state index contributed by atoms with van der Waals surface area (Å²) in [4.78, 5) is 9.89.